The average Bonchev–Trinajstić information content (AvgIpc) is 2.38. The van der Waals surface area contributed by atoms with Crippen molar-refractivity contribution in [1.29, 1.82) is 0 Å². The van der Waals surface area contributed by atoms with Crippen LogP contribution in [0.2, 0.25) is 0 Å². The number of rotatable bonds is 2. The van der Waals surface area contributed by atoms with Crippen LogP contribution in [-0.2, 0) is 4.79 Å². The van der Waals surface area contributed by atoms with Gasteiger partial charge >= 0.3 is 0 Å². The first kappa shape index (κ1) is 11.6. The van der Waals surface area contributed by atoms with Crippen molar-refractivity contribution in [1.82, 2.24) is 5.43 Å². The van der Waals surface area contributed by atoms with Crippen molar-refractivity contribution in [2.75, 3.05) is 0 Å². The second-order valence-electron chi connectivity index (χ2n) is 5.05. The Balaban J connectivity index is 1.77. The number of hydrazone groups is 1. The molecule has 3 heteroatoms. The third-order valence-electron chi connectivity index (χ3n) is 3.73. The van der Waals surface area contributed by atoms with Crippen LogP contribution >= 0.6 is 0 Å². The summed E-state index contributed by atoms with van der Waals surface area (Å²) >= 11 is 0. The molecule has 0 aromatic rings. The summed E-state index contributed by atoms with van der Waals surface area (Å²) < 4.78 is 0. The van der Waals surface area contributed by atoms with Crippen LogP contribution in [0.25, 0.3) is 0 Å². The fraction of sp³-hybridized carbons (Fsp3) is 0.846. The maximum atomic E-state index is 11.8. The largest absolute Gasteiger partial charge is 0.273 e. The number of carbonyl (C=O) groups excluding carboxylic acids is 1. The Bertz CT molecular complexity index is 259. The van der Waals surface area contributed by atoms with E-state index in [1.54, 1.807) is 0 Å². The van der Waals surface area contributed by atoms with Crippen LogP contribution in [0.3, 0.4) is 0 Å². The van der Waals surface area contributed by atoms with Crippen molar-refractivity contribution in [2.24, 2.45) is 11.0 Å². The lowest BCUT2D eigenvalue weighted by Gasteiger charge is -2.20. The average molecular weight is 222 g/mol. The van der Waals surface area contributed by atoms with E-state index >= 15 is 0 Å². The summed E-state index contributed by atoms with van der Waals surface area (Å²) in [4.78, 5) is 11.8. The fourth-order valence-corrected chi connectivity index (χ4v) is 2.66. The van der Waals surface area contributed by atoms with Crippen LogP contribution in [0.1, 0.15) is 64.2 Å². The Morgan fingerprint density at radius 1 is 1.00 bits per heavy atom. The molecule has 2 fully saturated rings. The molecule has 0 bridgehead atoms. The molecule has 2 aliphatic rings. The Hall–Kier alpha value is -0.860. The van der Waals surface area contributed by atoms with E-state index in [0.717, 1.165) is 25.7 Å². The van der Waals surface area contributed by atoms with E-state index < -0.39 is 0 Å². The number of nitrogens with one attached hydrogen (secondary N) is 1. The highest BCUT2D eigenvalue weighted by atomic mass is 16.2. The smallest absolute Gasteiger partial charge is 0.243 e. The van der Waals surface area contributed by atoms with Crippen LogP contribution < -0.4 is 5.43 Å². The van der Waals surface area contributed by atoms with E-state index in [1.165, 1.54) is 44.2 Å². The lowest BCUT2D eigenvalue weighted by Crippen LogP contribution is -2.29. The number of nitrogens with zero attached hydrogens (tertiary/aromatic N) is 1. The fourth-order valence-electron chi connectivity index (χ4n) is 2.66. The first-order valence-electron chi connectivity index (χ1n) is 6.71. The van der Waals surface area contributed by atoms with Crippen LogP contribution in [-0.4, -0.2) is 11.6 Å². The normalized spacial score (nSPS) is 22.9. The predicted octanol–water partition coefficient (Wildman–Crippen LogP) is 3.00. The van der Waals surface area contributed by atoms with Crippen molar-refractivity contribution in [2.45, 2.75) is 64.2 Å². The van der Waals surface area contributed by atoms with Crippen LogP contribution in [0.4, 0.5) is 0 Å². The molecule has 0 aromatic heterocycles. The molecule has 2 aliphatic carbocycles. The second-order valence-corrected chi connectivity index (χ2v) is 5.05. The van der Waals surface area contributed by atoms with Gasteiger partial charge in [0.05, 0.1) is 0 Å². The molecule has 0 aromatic carbocycles. The molecule has 0 saturated heterocycles. The molecule has 0 heterocycles. The van der Waals surface area contributed by atoms with Gasteiger partial charge in [-0.05, 0) is 38.5 Å². The Morgan fingerprint density at radius 3 is 2.31 bits per heavy atom. The third-order valence-corrected chi connectivity index (χ3v) is 3.73. The van der Waals surface area contributed by atoms with Crippen LogP contribution in [0.15, 0.2) is 5.10 Å². The Morgan fingerprint density at radius 2 is 1.62 bits per heavy atom. The highest BCUT2D eigenvalue weighted by Crippen LogP contribution is 2.23. The van der Waals surface area contributed by atoms with E-state index in [2.05, 4.69) is 10.5 Å². The number of carbonyl (C=O) groups is 1. The molecule has 0 unspecified atom stereocenters. The van der Waals surface area contributed by atoms with Crippen molar-refractivity contribution in [3.63, 3.8) is 0 Å². The van der Waals surface area contributed by atoms with Crippen LogP contribution in [0.5, 0.6) is 0 Å². The van der Waals surface area contributed by atoms with E-state index in [4.69, 9.17) is 0 Å². The first-order chi connectivity index (χ1) is 7.86. The monoisotopic (exact) mass is 222 g/mol. The van der Waals surface area contributed by atoms with Crippen LogP contribution in [0, 0.1) is 5.92 Å². The van der Waals surface area contributed by atoms with E-state index in [-0.39, 0.29) is 11.8 Å². The lowest BCUT2D eigenvalue weighted by molar-refractivity contribution is -0.125. The molecule has 2 rings (SSSR count). The van der Waals surface area contributed by atoms with Gasteiger partial charge in [0.15, 0.2) is 0 Å². The standard InChI is InChI=1S/C13H22N2O/c16-13(11-7-3-1-4-8-11)15-14-12-9-5-2-6-10-12/h11H,1-10H2,(H,15,16). The molecule has 3 nitrogen and oxygen atoms in total. The topological polar surface area (TPSA) is 41.5 Å². The van der Waals surface area contributed by atoms with Crippen molar-refractivity contribution >= 4 is 11.6 Å². The zero-order valence-electron chi connectivity index (χ0n) is 10.0. The molecular formula is C13H22N2O. The number of hydrogen-bond acceptors (Lipinski definition) is 2. The minimum Gasteiger partial charge on any atom is -0.273 e. The summed E-state index contributed by atoms with van der Waals surface area (Å²) in [6.07, 6.45) is 11.7. The summed E-state index contributed by atoms with van der Waals surface area (Å²) in [6.45, 7) is 0. The third kappa shape index (κ3) is 3.32. The zero-order valence-corrected chi connectivity index (χ0v) is 10.0. The first-order valence-corrected chi connectivity index (χ1v) is 6.71. The van der Waals surface area contributed by atoms with E-state index in [9.17, 15) is 4.79 Å². The van der Waals surface area contributed by atoms with Gasteiger partial charge in [-0.2, -0.15) is 5.10 Å². The highest BCUT2D eigenvalue weighted by Gasteiger charge is 2.20. The summed E-state index contributed by atoms with van der Waals surface area (Å²) in [5.41, 5.74) is 3.96. The van der Waals surface area contributed by atoms with Gasteiger partial charge in [-0.25, -0.2) is 5.43 Å². The number of hydrogen-bond donors (Lipinski definition) is 1. The van der Waals surface area contributed by atoms with E-state index in [1.807, 2.05) is 0 Å². The Labute approximate surface area is 97.7 Å². The molecule has 90 valence electrons. The second kappa shape index (κ2) is 6.02. The molecular weight excluding hydrogens is 200 g/mol. The van der Waals surface area contributed by atoms with Gasteiger partial charge in [0, 0.05) is 11.6 Å². The van der Waals surface area contributed by atoms with E-state index in [0.29, 0.717) is 0 Å². The number of amides is 1. The van der Waals surface area contributed by atoms with Gasteiger partial charge in [0.2, 0.25) is 5.91 Å². The molecule has 16 heavy (non-hydrogen) atoms. The lowest BCUT2D eigenvalue weighted by atomic mass is 9.89. The molecule has 2 saturated carbocycles. The molecule has 0 radical (unpaired) electrons. The SMILES string of the molecule is O=C(NN=C1CCCCC1)C1CCCCC1. The van der Waals surface area contributed by atoms with Crippen molar-refractivity contribution in [3.05, 3.63) is 0 Å². The summed E-state index contributed by atoms with van der Waals surface area (Å²) in [5.74, 6) is 0.375. The van der Waals surface area contributed by atoms with Gasteiger partial charge in [0.25, 0.3) is 0 Å². The van der Waals surface area contributed by atoms with Crippen molar-refractivity contribution < 1.29 is 4.79 Å². The summed E-state index contributed by atoms with van der Waals surface area (Å²) in [7, 11) is 0. The molecule has 1 amide bonds. The van der Waals surface area contributed by atoms with Gasteiger partial charge in [-0.3, -0.25) is 4.79 Å². The van der Waals surface area contributed by atoms with Gasteiger partial charge in [0.1, 0.15) is 0 Å². The molecule has 0 spiro atoms. The maximum Gasteiger partial charge on any atom is 0.243 e. The minimum atomic E-state index is 0.151. The maximum absolute atomic E-state index is 11.8. The quantitative estimate of drug-likeness (QED) is 0.717. The minimum absolute atomic E-state index is 0.151. The highest BCUT2D eigenvalue weighted by molar-refractivity contribution is 5.87. The zero-order chi connectivity index (χ0) is 11.2. The summed E-state index contributed by atoms with van der Waals surface area (Å²) in [5, 5.41) is 4.28. The predicted molar refractivity (Wildman–Crippen MR) is 65.2 cm³/mol. The summed E-state index contributed by atoms with van der Waals surface area (Å²) in [6, 6.07) is 0. The molecule has 1 N–H and O–H groups in total. The molecule has 0 aliphatic heterocycles. The molecule has 0 atom stereocenters. The van der Waals surface area contributed by atoms with Crippen molar-refractivity contribution in [3.8, 4) is 0 Å². The van der Waals surface area contributed by atoms with Gasteiger partial charge in [-0.1, -0.05) is 25.7 Å². The van der Waals surface area contributed by atoms with Gasteiger partial charge < -0.3 is 0 Å². The van der Waals surface area contributed by atoms with Gasteiger partial charge in [-0.15, -0.1) is 0 Å². The Kier molecular flexibility index (Phi) is 4.37.